The van der Waals surface area contributed by atoms with Crippen LogP contribution in [0.25, 0.3) is 11.0 Å². The lowest BCUT2D eigenvalue weighted by Crippen LogP contribution is -2.12. The average molecular weight is 286 g/mol. The summed E-state index contributed by atoms with van der Waals surface area (Å²) in [6.45, 7) is 3.50. The number of furan rings is 1. The predicted molar refractivity (Wildman–Crippen MR) is 76.7 cm³/mol. The monoisotopic (exact) mass is 286 g/mol. The molecule has 6 nitrogen and oxygen atoms in total. The number of aryl methyl sites for hydroxylation is 2. The number of nitrogens with zero attached hydrogens (tertiary/aromatic N) is 1. The third-order valence-electron chi connectivity index (χ3n) is 3.17. The molecule has 2 aromatic heterocycles. The maximum atomic E-state index is 12.4. The standard InChI is InChI=1S/C15H14N2O4/c1-8-6-13(17-21-8)16-15(18)14-9(2)20-12-5-4-10(19-3)7-11(12)14/h4-7H,1-3H3,(H,16,17,18). The van der Waals surface area contributed by atoms with Gasteiger partial charge < -0.3 is 19.0 Å². The van der Waals surface area contributed by atoms with E-state index in [1.54, 1.807) is 45.2 Å². The molecule has 1 amide bonds. The largest absolute Gasteiger partial charge is 0.497 e. The van der Waals surface area contributed by atoms with Crippen LogP contribution in [0, 0.1) is 13.8 Å². The van der Waals surface area contributed by atoms with E-state index in [9.17, 15) is 4.79 Å². The van der Waals surface area contributed by atoms with Gasteiger partial charge in [-0.2, -0.15) is 0 Å². The van der Waals surface area contributed by atoms with E-state index in [2.05, 4.69) is 10.5 Å². The second-order valence-electron chi connectivity index (χ2n) is 4.67. The Kier molecular flexibility index (Phi) is 3.13. The molecule has 0 saturated carbocycles. The van der Waals surface area contributed by atoms with Crippen molar-refractivity contribution in [2.24, 2.45) is 0 Å². The maximum absolute atomic E-state index is 12.4. The number of aromatic nitrogens is 1. The van der Waals surface area contributed by atoms with Gasteiger partial charge in [0.1, 0.15) is 22.9 Å². The predicted octanol–water partition coefficient (Wildman–Crippen LogP) is 3.30. The Bertz CT molecular complexity index is 816. The molecule has 6 heteroatoms. The van der Waals surface area contributed by atoms with Crippen LogP contribution in [0.2, 0.25) is 0 Å². The van der Waals surface area contributed by atoms with Gasteiger partial charge in [-0.3, -0.25) is 4.79 Å². The van der Waals surface area contributed by atoms with Crippen molar-refractivity contribution >= 4 is 22.7 Å². The van der Waals surface area contributed by atoms with E-state index >= 15 is 0 Å². The third-order valence-corrected chi connectivity index (χ3v) is 3.17. The molecule has 0 bridgehead atoms. The van der Waals surface area contributed by atoms with Crippen LogP contribution < -0.4 is 10.1 Å². The molecular weight excluding hydrogens is 272 g/mol. The third kappa shape index (κ3) is 2.35. The van der Waals surface area contributed by atoms with Gasteiger partial charge in [0, 0.05) is 11.5 Å². The molecule has 2 heterocycles. The molecule has 108 valence electrons. The fourth-order valence-corrected chi connectivity index (χ4v) is 2.21. The minimum Gasteiger partial charge on any atom is -0.497 e. The summed E-state index contributed by atoms with van der Waals surface area (Å²) >= 11 is 0. The summed E-state index contributed by atoms with van der Waals surface area (Å²) in [4.78, 5) is 12.4. The van der Waals surface area contributed by atoms with Crippen molar-refractivity contribution in [2.75, 3.05) is 12.4 Å². The van der Waals surface area contributed by atoms with Crippen LogP contribution in [0.4, 0.5) is 5.82 Å². The number of amides is 1. The molecule has 0 spiro atoms. The molecule has 0 aliphatic rings. The second kappa shape index (κ2) is 4.97. The van der Waals surface area contributed by atoms with Gasteiger partial charge in [-0.15, -0.1) is 0 Å². The summed E-state index contributed by atoms with van der Waals surface area (Å²) in [6, 6.07) is 6.98. The van der Waals surface area contributed by atoms with E-state index in [1.165, 1.54) is 0 Å². The van der Waals surface area contributed by atoms with E-state index in [4.69, 9.17) is 13.7 Å². The van der Waals surface area contributed by atoms with Gasteiger partial charge >= 0.3 is 0 Å². The highest BCUT2D eigenvalue weighted by Gasteiger charge is 2.19. The van der Waals surface area contributed by atoms with Crippen molar-refractivity contribution in [1.29, 1.82) is 0 Å². The molecule has 0 atom stereocenters. The lowest BCUT2D eigenvalue weighted by atomic mass is 10.1. The van der Waals surface area contributed by atoms with Crippen molar-refractivity contribution in [1.82, 2.24) is 5.16 Å². The molecule has 1 N–H and O–H groups in total. The van der Waals surface area contributed by atoms with Crippen LogP contribution in [0.5, 0.6) is 5.75 Å². The van der Waals surface area contributed by atoms with Crippen molar-refractivity contribution in [3.8, 4) is 5.75 Å². The minimum absolute atomic E-state index is 0.298. The summed E-state index contributed by atoms with van der Waals surface area (Å²) in [6.07, 6.45) is 0. The topological polar surface area (TPSA) is 77.5 Å². The number of nitrogens with one attached hydrogen (secondary N) is 1. The van der Waals surface area contributed by atoms with Crippen molar-refractivity contribution in [3.63, 3.8) is 0 Å². The van der Waals surface area contributed by atoms with Crippen LogP contribution >= 0.6 is 0 Å². The first-order valence-corrected chi connectivity index (χ1v) is 6.40. The van der Waals surface area contributed by atoms with E-state index in [1.807, 2.05) is 0 Å². The molecule has 0 unspecified atom stereocenters. The summed E-state index contributed by atoms with van der Waals surface area (Å²) < 4.78 is 15.7. The smallest absolute Gasteiger partial charge is 0.261 e. The Labute approximate surface area is 120 Å². The lowest BCUT2D eigenvalue weighted by molar-refractivity contribution is 0.102. The van der Waals surface area contributed by atoms with Crippen molar-refractivity contribution in [2.45, 2.75) is 13.8 Å². The molecule has 0 fully saturated rings. The zero-order valence-electron chi connectivity index (χ0n) is 11.9. The number of hydrogen-bond acceptors (Lipinski definition) is 5. The first-order chi connectivity index (χ1) is 10.1. The molecule has 21 heavy (non-hydrogen) atoms. The van der Waals surface area contributed by atoms with E-state index in [0.29, 0.717) is 39.6 Å². The van der Waals surface area contributed by atoms with Gasteiger partial charge in [0.05, 0.1) is 12.7 Å². The first kappa shape index (κ1) is 13.2. The lowest BCUT2D eigenvalue weighted by Gasteiger charge is -2.02. The Morgan fingerprint density at radius 2 is 2.10 bits per heavy atom. The Hall–Kier alpha value is -2.76. The zero-order valence-corrected chi connectivity index (χ0v) is 11.9. The molecule has 0 aliphatic carbocycles. The second-order valence-corrected chi connectivity index (χ2v) is 4.67. The average Bonchev–Trinajstić information content (AvgIpc) is 3.00. The summed E-state index contributed by atoms with van der Waals surface area (Å²) in [5.41, 5.74) is 1.10. The number of carbonyl (C=O) groups excluding carboxylic acids is 1. The number of anilines is 1. The number of hydrogen-bond donors (Lipinski definition) is 1. The molecule has 0 saturated heterocycles. The van der Waals surface area contributed by atoms with Crippen molar-refractivity contribution in [3.05, 3.63) is 41.3 Å². The summed E-state index contributed by atoms with van der Waals surface area (Å²) in [7, 11) is 1.58. The highest BCUT2D eigenvalue weighted by atomic mass is 16.5. The zero-order chi connectivity index (χ0) is 15.0. The van der Waals surface area contributed by atoms with Gasteiger partial charge in [0.15, 0.2) is 5.82 Å². The Morgan fingerprint density at radius 3 is 2.76 bits per heavy atom. The first-order valence-electron chi connectivity index (χ1n) is 6.40. The Morgan fingerprint density at radius 1 is 1.29 bits per heavy atom. The molecule has 0 radical (unpaired) electrons. The summed E-state index contributed by atoms with van der Waals surface area (Å²) in [5.74, 6) is 1.90. The van der Waals surface area contributed by atoms with E-state index in [-0.39, 0.29) is 5.91 Å². The summed E-state index contributed by atoms with van der Waals surface area (Å²) in [5, 5.41) is 7.14. The van der Waals surface area contributed by atoms with Gasteiger partial charge in [-0.1, -0.05) is 5.16 Å². The highest BCUT2D eigenvalue weighted by Crippen LogP contribution is 2.29. The molecular formula is C15H14N2O4. The normalized spacial score (nSPS) is 10.8. The number of carbonyl (C=O) groups is 1. The van der Waals surface area contributed by atoms with Gasteiger partial charge in [0.2, 0.25) is 0 Å². The van der Waals surface area contributed by atoms with E-state index in [0.717, 1.165) is 0 Å². The van der Waals surface area contributed by atoms with Gasteiger partial charge in [-0.05, 0) is 32.0 Å². The van der Waals surface area contributed by atoms with Crippen LogP contribution in [0.15, 0.2) is 33.2 Å². The van der Waals surface area contributed by atoms with E-state index < -0.39 is 0 Å². The van der Waals surface area contributed by atoms with Crippen molar-refractivity contribution < 1.29 is 18.5 Å². The number of rotatable bonds is 3. The number of benzene rings is 1. The molecule has 3 rings (SSSR count). The number of ether oxygens (including phenoxy) is 1. The van der Waals surface area contributed by atoms with Gasteiger partial charge in [0.25, 0.3) is 5.91 Å². The van der Waals surface area contributed by atoms with Crippen LogP contribution in [-0.4, -0.2) is 18.2 Å². The minimum atomic E-state index is -0.298. The van der Waals surface area contributed by atoms with Crippen LogP contribution in [0.3, 0.4) is 0 Å². The Balaban J connectivity index is 2.02. The number of methoxy groups -OCH3 is 1. The number of fused-ring (bicyclic) bond motifs is 1. The highest BCUT2D eigenvalue weighted by molar-refractivity contribution is 6.13. The fraction of sp³-hybridized carbons (Fsp3) is 0.200. The van der Waals surface area contributed by atoms with Gasteiger partial charge in [-0.25, -0.2) is 0 Å². The quantitative estimate of drug-likeness (QED) is 0.799. The molecule has 0 aliphatic heterocycles. The fourth-order valence-electron chi connectivity index (χ4n) is 2.21. The SMILES string of the molecule is COc1ccc2oc(C)c(C(=O)Nc3cc(C)on3)c2c1. The van der Waals surface area contributed by atoms with Crippen LogP contribution in [0.1, 0.15) is 21.9 Å². The maximum Gasteiger partial charge on any atom is 0.261 e. The molecule has 1 aromatic carbocycles. The van der Waals surface area contributed by atoms with Crippen LogP contribution in [-0.2, 0) is 0 Å². The molecule has 3 aromatic rings.